The van der Waals surface area contributed by atoms with Crippen LogP contribution in [0, 0.1) is 5.92 Å². The van der Waals surface area contributed by atoms with Crippen LogP contribution in [0.1, 0.15) is 73.1 Å². The van der Waals surface area contributed by atoms with Crippen LogP contribution in [-0.4, -0.2) is 56.7 Å². The molecular weight excluding hydrogens is 436 g/mol. The Labute approximate surface area is 207 Å². The molecule has 0 N–H and O–H groups in total. The average molecular weight is 471 g/mol. The summed E-state index contributed by atoms with van der Waals surface area (Å²) < 4.78 is 2.21. The topological polar surface area (TPSA) is 67.2 Å². The van der Waals surface area contributed by atoms with E-state index in [2.05, 4.69) is 68.6 Å². The molecular formula is C28H34N6O. The summed E-state index contributed by atoms with van der Waals surface area (Å²) in [6, 6.07) is 12.8. The highest BCUT2D eigenvalue weighted by Crippen LogP contribution is 2.50. The van der Waals surface area contributed by atoms with Crippen molar-refractivity contribution in [1.82, 2.24) is 24.6 Å². The first-order valence-electron chi connectivity index (χ1n) is 13.0. The number of hydrogen-bond acceptors (Lipinski definition) is 5. The molecule has 0 bridgehead atoms. The molecule has 0 spiro atoms. The summed E-state index contributed by atoms with van der Waals surface area (Å²) >= 11 is 0. The fourth-order valence-electron chi connectivity index (χ4n) is 6.02. The zero-order chi connectivity index (χ0) is 24.0. The van der Waals surface area contributed by atoms with E-state index >= 15 is 0 Å². The Kier molecular flexibility index (Phi) is 5.58. The van der Waals surface area contributed by atoms with Gasteiger partial charge in [0.2, 0.25) is 5.95 Å². The monoisotopic (exact) mass is 470 g/mol. The second-order valence-electron chi connectivity index (χ2n) is 10.9. The molecule has 3 aromatic rings. The van der Waals surface area contributed by atoms with Crippen LogP contribution in [0.2, 0.25) is 0 Å². The number of rotatable bonds is 5. The molecule has 2 atom stereocenters. The van der Waals surface area contributed by atoms with Gasteiger partial charge < -0.3 is 9.80 Å². The quantitative estimate of drug-likeness (QED) is 0.551. The fraction of sp³-hybridized carbons (Fsp3) is 0.500. The third kappa shape index (κ3) is 4.11. The van der Waals surface area contributed by atoms with Crippen LogP contribution in [0.15, 0.2) is 55.0 Å². The van der Waals surface area contributed by atoms with Crippen LogP contribution in [0.25, 0.3) is 0 Å². The minimum Gasteiger partial charge on any atom is -0.341 e. The van der Waals surface area contributed by atoms with Crippen molar-refractivity contribution in [3.8, 4) is 0 Å². The number of likely N-dealkylation sites (tertiary alicyclic amines) is 1. The van der Waals surface area contributed by atoms with Gasteiger partial charge in [-0.3, -0.25) is 9.48 Å². The first kappa shape index (κ1) is 22.3. The average Bonchev–Trinajstić information content (AvgIpc) is 3.30. The second kappa shape index (κ2) is 8.77. The van der Waals surface area contributed by atoms with Gasteiger partial charge in [0.25, 0.3) is 5.91 Å². The van der Waals surface area contributed by atoms with E-state index in [0.717, 1.165) is 69.1 Å². The number of carbonyl (C=O) groups is 1. The van der Waals surface area contributed by atoms with Crippen molar-refractivity contribution in [3.05, 3.63) is 71.8 Å². The molecule has 182 valence electrons. The first-order chi connectivity index (χ1) is 17.0. The lowest BCUT2D eigenvalue weighted by atomic mass is 9.90. The number of nitrogens with zero attached hydrogens (tertiary/aromatic N) is 6. The Morgan fingerprint density at radius 3 is 2.40 bits per heavy atom. The molecule has 7 heteroatoms. The SMILES string of the molecule is C[C@@H]1CN(C(=O)c2cnn(C3CCN(c4ncccn4)CC3)c2C2(C)CC2)C[C@H]1c1ccccc1. The van der Waals surface area contributed by atoms with Crippen molar-refractivity contribution < 1.29 is 4.79 Å². The molecule has 35 heavy (non-hydrogen) atoms. The van der Waals surface area contributed by atoms with Gasteiger partial charge in [0.15, 0.2) is 0 Å². The number of aromatic nitrogens is 4. The lowest BCUT2D eigenvalue weighted by Crippen LogP contribution is -2.37. The second-order valence-corrected chi connectivity index (χ2v) is 10.9. The van der Waals surface area contributed by atoms with Crippen LogP contribution in [-0.2, 0) is 5.41 Å². The third-order valence-corrected chi connectivity index (χ3v) is 8.37. The summed E-state index contributed by atoms with van der Waals surface area (Å²) in [4.78, 5) is 27.0. The lowest BCUT2D eigenvalue weighted by molar-refractivity contribution is 0.0784. The highest BCUT2D eigenvalue weighted by atomic mass is 16.2. The zero-order valence-electron chi connectivity index (χ0n) is 20.7. The smallest absolute Gasteiger partial charge is 0.257 e. The third-order valence-electron chi connectivity index (χ3n) is 8.37. The van der Waals surface area contributed by atoms with Crippen molar-refractivity contribution in [1.29, 1.82) is 0 Å². The number of piperidine rings is 1. The Bertz CT molecular complexity index is 1180. The van der Waals surface area contributed by atoms with Gasteiger partial charge in [-0.1, -0.05) is 44.2 Å². The van der Waals surface area contributed by atoms with Crippen LogP contribution in [0.3, 0.4) is 0 Å². The van der Waals surface area contributed by atoms with Gasteiger partial charge in [0, 0.05) is 49.9 Å². The molecule has 1 amide bonds. The molecule has 2 aliphatic heterocycles. The van der Waals surface area contributed by atoms with E-state index in [-0.39, 0.29) is 11.3 Å². The minimum atomic E-state index is 0.0609. The van der Waals surface area contributed by atoms with E-state index < -0.39 is 0 Å². The van der Waals surface area contributed by atoms with E-state index in [1.54, 1.807) is 12.4 Å². The van der Waals surface area contributed by atoms with Gasteiger partial charge in [0.1, 0.15) is 0 Å². The van der Waals surface area contributed by atoms with Gasteiger partial charge in [0.05, 0.1) is 23.5 Å². The fourth-order valence-corrected chi connectivity index (χ4v) is 6.02. The van der Waals surface area contributed by atoms with Gasteiger partial charge >= 0.3 is 0 Å². The van der Waals surface area contributed by atoms with E-state index in [1.165, 1.54) is 5.56 Å². The van der Waals surface area contributed by atoms with E-state index in [4.69, 9.17) is 5.10 Å². The van der Waals surface area contributed by atoms with Crippen molar-refractivity contribution in [2.45, 2.75) is 56.9 Å². The van der Waals surface area contributed by atoms with Crippen LogP contribution in [0.4, 0.5) is 5.95 Å². The highest BCUT2D eigenvalue weighted by molar-refractivity contribution is 5.96. The van der Waals surface area contributed by atoms with Crippen LogP contribution < -0.4 is 4.90 Å². The molecule has 0 unspecified atom stereocenters. The predicted octanol–water partition coefficient (Wildman–Crippen LogP) is 4.44. The molecule has 2 aromatic heterocycles. The van der Waals surface area contributed by atoms with E-state index in [1.807, 2.05) is 12.3 Å². The molecule has 4 heterocycles. The summed E-state index contributed by atoms with van der Waals surface area (Å²) in [7, 11) is 0. The first-order valence-corrected chi connectivity index (χ1v) is 13.0. The van der Waals surface area contributed by atoms with Crippen molar-refractivity contribution >= 4 is 11.9 Å². The van der Waals surface area contributed by atoms with Crippen LogP contribution >= 0.6 is 0 Å². The molecule has 3 fully saturated rings. The van der Waals surface area contributed by atoms with E-state index in [9.17, 15) is 4.79 Å². The van der Waals surface area contributed by atoms with Crippen LogP contribution in [0.5, 0.6) is 0 Å². The number of hydrogen-bond donors (Lipinski definition) is 0. The lowest BCUT2D eigenvalue weighted by Gasteiger charge is -2.33. The highest BCUT2D eigenvalue weighted by Gasteiger charge is 2.47. The maximum Gasteiger partial charge on any atom is 0.257 e. The summed E-state index contributed by atoms with van der Waals surface area (Å²) in [5.74, 6) is 1.79. The van der Waals surface area contributed by atoms with Gasteiger partial charge in [-0.05, 0) is 43.2 Å². The number of carbonyl (C=O) groups excluding carboxylic acids is 1. The molecule has 1 aromatic carbocycles. The Hall–Kier alpha value is -3.22. The zero-order valence-corrected chi connectivity index (χ0v) is 20.7. The number of benzene rings is 1. The molecule has 6 rings (SSSR count). The summed E-state index contributed by atoms with van der Waals surface area (Å²) in [6.45, 7) is 7.94. The summed E-state index contributed by atoms with van der Waals surface area (Å²) in [5, 5.41) is 4.85. The van der Waals surface area contributed by atoms with Gasteiger partial charge in [-0.15, -0.1) is 0 Å². The Morgan fingerprint density at radius 2 is 1.71 bits per heavy atom. The number of amides is 1. The molecule has 1 saturated carbocycles. The normalized spacial score (nSPS) is 24.1. The molecule has 2 saturated heterocycles. The summed E-state index contributed by atoms with van der Waals surface area (Å²) in [6.07, 6.45) is 9.66. The van der Waals surface area contributed by atoms with Crippen molar-refractivity contribution in [2.75, 3.05) is 31.1 Å². The van der Waals surface area contributed by atoms with Gasteiger partial charge in [-0.25, -0.2) is 9.97 Å². The standard InChI is InChI=1S/C28H34N6O/c1-20-18-33(19-24(20)21-7-4-3-5-8-21)26(35)23-17-31-34(25(23)28(2)11-12-28)22-9-15-32(16-10-22)27-29-13-6-14-30-27/h3-8,13-14,17,20,22,24H,9-12,15-16,18-19H2,1-2H3/t20-,24-/m1/s1. The van der Waals surface area contributed by atoms with Crippen molar-refractivity contribution in [3.63, 3.8) is 0 Å². The van der Waals surface area contributed by atoms with Crippen molar-refractivity contribution in [2.24, 2.45) is 5.92 Å². The maximum atomic E-state index is 13.8. The summed E-state index contributed by atoms with van der Waals surface area (Å²) in [5.41, 5.74) is 3.37. The maximum absolute atomic E-state index is 13.8. The molecule has 7 nitrogen and oxygen atoms in total. The Morgan fingerprint density at radius 1 is 1.00 bits per heavy atom. The minimum absolute atomic E-state index is 0.0609. The van der Waals surface area contributed by atoms with E-state index in [0.29, 0.717) is 17.9 Å². The largest absolute Gasteiger partial charge is 0.341 e. The molecule has 1 aliphatic carbocycles. The number of anilines is 1. The Balaban J connectivity index is 1.22. The van der Waals surface area contributed by atoms with Gasteiger partial charge in [-0.2, -0.15) is 5.10 Å². The molecule has 3 aliphatic rings. The predicted molar refractivity (Wildman–Crippen MR) is 136 cm³/mol. The molecule has 0 radical (unpaired) electrons.